The second-order valence-corrected chi connectivity index (χ2v) is 8.57. The summed E-state index contributed by atoms with van der Waals surface area (Å²) in [5.74, 6) is 1.56. The number of rotatable bonds is 4. The van der Waals surface area contributed by atoms with Crippen molar-refractivity contribution in [1.82, 2.24) is 5.32 Å². The van der Waals surface area contributed by atoms with Crippen LogP contribution in [-0.4, -0.2) is 23.3 Å². The Kier molecular flexibility index (Phi) is 5.18. The Morgan fingerprint density at radius 2 is 1.65 bits per heavy atom. The zero-order chi connectivity index (χ0) is 14.8. The minimum absolute atomic E-state index is 0.428. The van der Waals surface area contributed by atoms with Crippen molar-refractivity contribution in [2.24, 2.45) is 17.3 Å². The fraction of sp³-hybridized carbons (Fsp3) is 1.00. The first-order valence-corrected chi connectivity index (χ1v) is 8.77. The molecule has 2 aliphatic rings. The third kappa shape index (κ3) is 4.21. The zero-order valence-electron chi connectivity index (χ0n) is 14.0. The first kappa shape index (κ1) is 16.3. The molecule has 0 aliphatic heterocycles. The summed E-state index contributed by atoms with van der Waals surface area (Å²) >= 11 is 0. The molecular weight excluding hydrogens is 246 g/mol. The van der Waals surface area contributed by atoms with Gasteiger partial charge in [0.1, 0.15) is 0 Å². The molecule has 2 N–H and O–H groups in total. The predicted molar refractivity (Wildman–Crippen MR) is 85.8 cm³/mol. The van der Waals surface area contributed by atoms with Gasteiger partial charge in [-0.3, -0.25) is 0 Å². The summed E-state index contributed by atoms with van der Waals surface area (Å²) in [6, 6.07) is 0.628. The van der Waals surface area contributed by atoms with E-state index >= 15 is 0 Å². The number of aliphatic hydroxyl groups is 1. The molecule has 2 unspecified atom stereocenters. The zero-order valence-corrected chi connectivity index (χ0v) is 14.0. The highest BCUT2D eigenvalue weighted by molar-refractivity contribution is 4.92. The summed E-state index contributed by atoms with van der Waals surface area (Å²) in [6.07, 6.45) is 9.64. The number of nitrogens with one attached hydrogen (secondary N) is 1. The van der Waals surface area contributed by atoms with Gasteiger partial charge in [-0.15, -0.1) is 0 Å². The van der Waals surface area contributed by atoms with Crippen molar-refractivity contribution >= 4 is 0 Å². The molecule has 0 amide bonds. The van der Waals surface area contributed by atoms with Crippen LogP contribution in [0.25, 0.3) is 0 Å². The highest BCUT2D eigenvalue weighted by Gasteiger charge is 2.37. The second-order valence-electron chi connectivity index (χ2n) is 8.57. The van der Waals surface area contributed by atoms with E-state index in [0.29, 0.717) is 11.5 Å². The standard InChI is InChI=1S/C18H35NO/c1-14(2)15-7-5-6-8-16(15)19-13-18(20)11-9-17(3,4)10-12-18/h14-16,19-20H,5-13H2,1-4H3. The van der Waals surface area contributed by atoms with E-state index in [1.165, 1.54) is 25.7 Å². The molecule has 2 nitrogen and oxygen atoms in total. The summed E-state index contributed by atoms with van der Waals surface area (Å²) in [4.78, 5) is 0. The fourth-order valence-electron chi connectivity index (χ4n) is 4.10. The van der Waals surface area contributed by atoms with Crippen molar-refractivity contribution in [3.05, 3.63) is 0 Å². The van der Waals surface area contributed by atoms with Crippen LogP contribution in [0.4, 0.5) is 0 Å². The maximum atomic E-state index is 10.8. The van der Waals surface area contributed by atoms with Gasteiger partial charge < -0.3 is 10.4 Å². The molecule has 2 heteroatoms. The van der Waals surface area contributed by atoms with Crippen LogP contribution < -0.4 is 5.32 Å². The summed E-state index contributed by atoms with van der Waals surface area (Å²) in [6.45, 7) is 10.2. The quantitative estimate of drug-likeness (QED) is 0.812. The molecule has 0 aromatic heterocycles. The normalized spacial score (nSPS) is 33.3. The van der Waals surface area contributed by atoms with Gasteiger partial charge in [0.05, 0.1) is 5.60 Å². The SMILES string of the molecule is CC(C)C1CCCCC1NCC1(O)CCC(C)(C)CC1. The molecule has 118 valence electrons. The maximum Gasteiger partial charge on any atom is 0.0772 e. The van der Waals surface area contributed by atoms with E-state index in [-0.39, 0.29) is 0 Å². The van der Waals surface area contributed by atoms with Crippen LogP contribution in [0.1, 0.15) is 79.1 Å². The minimum atomic E-state index is -0.450. The molecule has 0 aromatic rings. The Morgan fingerprint density at radius 3 is 2.25 bits per heavy atom. The predicted octanol–water partition coefficient (Wildman–Crippen LogP) is 4.12. The Labute approximate surface area is 125 Å². The van der Waals surface area contributed by atoms with E-state index in [9.17, 15) is 5.11 Å². The van der Waals surface area contributed by atoms with E-state index in [0.717, 1.165) is 44.1 Å². The van der Waals surface area contributed by atoms with Gasteiger partial charge in [-0.1, -0.05) is 40.5 Å². The van der Waals surface area contributed by atoms with Crippen LogP contribution in [0.15, 0.2) is 0 Å². The van der Waals surface area contributed by atoms with Crippen molar-refractivity contribution in [3.8, 4) is 0 Å². The molecule has 20 heavy (non-hydrogen) atoms. The monoisotopic (exact) mass is 281 g/mol. The van der Waals surface area contributed by atoms with Gasteiger partial charge in [0, 0.05) is 12.6 Å². The average molecular weight is 281 g/mol. The van der Waals surface area contributed by atoms with Crippen LogP contribution in [-0.2, 0) is 0 Å². The number of hydrogen-bond acceptors (Lipinski definition) is 2. The Balaban J connectivity index is 1.84. The molecule has 2 saturated carbocycles. The maximum absolute atomic E-state index is 10.8. The van der Waals surface area contributed by atoms with Crippen LogP contribution in [0.3, 0.4) is 0 Å². The lowest BCUT2D eigenvalue weighted by Gasteiger charge is -2.42. The molecule has 2 atom stereocenters. The highest BCUT2D eigenvalue weighted by Crippen LogP contribution is 2.40. The lowest BCUT2D eigenvalue weighted by atomic mass is 9.70. The van der Waals surface area contributed by atoms with Gasteiger partial charge in [0.25, 0.3) is 0 Å². The third-order valence-electron chi connectivity index (χ3n) is 5.90. The molecule has 2 rings (SSSR count). The van der Waals surface area contributed by atoms with Gasteiger partial charge >= 0.3 is 0 Å². The molecule has 2 aliphatic carbocycles. The molecular formula is C18H35NO. The van der Waals surface area contributed by atoms with Crippen molar-refractivity contribution < 1.29 is 5.11 Å². The van der Waals surface area contributed by atoms with Crippen LogP contribution in [0, 0.1) is 17.3 Å². The van der Waals surface area contributed by atoms with Gasteiger partial charge in [-0.05, 0) is 55.8 Å². The summed E-state index contributed by atoms with van der Waals surface area (Å²) in [5.41, 5.74) is -0.0218. The van der Waals surface area contributed by atoms with Gasteiger partial charge in [0.15, 0.2) is 0 Å². The first-order valence-electron chi connectivity index (χ1n) is 8.77. The highest BCUT2D eigenvalue weighted by atomic mass is 16.3. The largest absolute Gasteiger partial charge is 0.389 e. The van der Waals surface area contributed by atoms with Crippen LogP contribution in [0.2, 0.25) is 0 Å². The molecule has 0 bridgehead atoms. The van der Waals surface area contributed by atoms with Gasteiger partial charge in [0.2, 0.25) is 0 Å². The summed E-state index contributed by atoms with van der Waals surface area (Å²) in [7, 11) is 0. The third-order valence-corrected chi connectivity index (χ3v) is 5.90. The van der Waals surface area contributed by atoms with E-state index < -0.39 is 5.60 Å². The molecule has 0 radical (unpaired) electrons. The first-order chi connectivity index (χ1) is 9.31. The Morgan fingerprint density at radius 1 is 1.05 bits per heavy atom. The second kappa shape index (κ2) is 6.36. The van der Waals surface area contributed by atoms with E-state index in [1.54, 1.807) is 0 Å². The molecule has 0 aromatic carbocycles. The molecule has 0 spiro atoms. The van der Waals surface area contributed by atoms with Crippen molar-refractivity contribution in [1.29, 1.82) is 0 Å². The molecule has 0 heterocycles. The topological polar surface area (TPSA) is 32.3 Å². The van der Waals surface area contributed by atoms with Crippen molar-refractivity contribution in [2.45, 2.75) is 90.7 Å². The van der Waals surface area contributed by atoms with Gasteiger partial charge in [-0.25, -0.2) is 0 Å². The fourth-order valence-corrected chi connectivity index (χ4v) is 4.10. The summed E-state index contributed by atoms with van der Waals surface area (Å²) in [5, 5.41) is 14.5. The molecule has 0 saturated heterocycles. The Hall–Kier alpha value is -0.0800. The van der Waals surface area contributed by atoms with Crippen molar-refractivity contribution in [2.75, 3.05) is 6.54 Å². The molecule has 2 fully saturated rings. The Bertz CT molecular complexity index is 301. The van der Waals surface area contributed by atoms with E-state index in [2.05, 4.69) is 33.0 Å². The van der Waals surface area contributed by atoms with Crippen LogP contribution >= 0.6 is 0 Å². The smallest absolute Gasteiger partial charge is 0.0772 e. The number of hydrogen-bond donors (Lipinski definition) is 2. The lowest BCUT2D eigenvalue weighted by Crippen LogP contribution is -2.50. The van der Waals surface area contributed by atoms with E-state index in [4.69, 9.17) is 0 Å². The van der Waals surface area contributed by atoms with Gasteiger partial charge in [-0.2, -0.15) is 0 Å². The minimum Gasteiger partial charge on any atom is -0.389 e. The van der Waals surface area contributed by atoms with Crippen LogP contribution in [0.5, 0.6) is 0 Å². The summed E-state index contributed by atoms with van der Waals surface area (Å²) < 4.78 is 0. The average Bonchev–Trinajstić information content (AvgIpc) is 2.41. The lowest BCUT2D eigenvalue weighted by molar-refractivity contribution is -0.0289. The van der Waals surface area contributed by atoms with Crippen molar-refractivity contribution in [3.63, 3.8) is 0 Å². The van der Waals surface area contributed by atoms with E-state index in [1.807, 2.05) is 0 Å².